The molecule has 0 N–H and O–H groups in total. The van der Waals surface area contributed by atoms with E-state index in [0.29, 0.717) is 0 Å². The van der Waals surface area contributed by atoms with E-state index in [-0.39, 0.29) is 11.5 Å². The van der Waals surface area contributed by atoms with Crippen molar-refractivity contribution in [1.29, 1.82) is 0 Å². The Kier molecular flexibility index (Phi) is 4.62. The zero-order valence-corrected chi connectivity index (χ0v) is 15.4. The number of ether oxygens (including phenoxy) is 1. The van der Waals surface area contributed by atoms with Crippen LogP contribution in [0.1, 0.15) is 28.3 Å². The lowest BCUT2D eigenvalue weighted by atomic mass is 9.89. The molecule has 4 heterocycles. The maximum Gasteiger partial charge on any atom is 0.270 e. The molecular formula is C18H24N4O2S. The van der Waals surface area contributed by atoms with E-state index in [1.54, 1.807) is 11.3 Å². The molecule has 2 saturated heterocycles. The molecule has 0 aliphatic carbocycles. The van der Waals surface area contributed by atoms with Gasteiger partial charge in [-0.25, -0.2) is 4.98 Å². The van der Waals surface area contributed by atoms with E-state index >= 15 is 0 Å². The Hall–Kier alpha value is -1.70. The number of hydrogen-bond donors (Lipinski definition) is 0. The van der Waals surface area contributed by atoms with Gasteiger partial charge in [0.25, 0.3) is 5.91 Å². The Morgan fingerprint density at radius 3 is 2.88 bits per heavy atom. The molecule has 2 aromatic rings. The van der Waals surface area contributed by atoms with Crippen LogP contribution in [0.3, 0.4) is 0 Å². The molecule has 1 amide bonds. The van der Waals surface area contributed by atoms with Crippen molar-refractivity contribution in [3.8, 4) is 0 Å². The lowest BCUT2D eigenvalue weighted by Crippen LogP contribution is -2.57. The van der Waals surface area contributed by atoms with E-state index in [1.165, 1.54) is 0 Å². The van der Waals surface area contributed by atoms with Crippen LogP contribution in [0.2, 0.25) is 0 Å². The zero-order chi connectivity index (χ0) is 17.3. The first-order chi connectivity index (χ1) is 12.2. The zero-order valence-electron chi connectivity index (χ0n) is 14.6. The van der Waals surface area contributed by atoms with Crippen LogP contribution in [0.25, 0.3) is 0 Å². The summed E-state index contributed by atoms with van der Waals surface area (Å²) in [4.78, 5) is 21.5. The fourth-order valence-electron chi connectivity index (χ4n) is 3.85. The molecule has 1 spiro atoms. The van der Waals surface area contributed by atoms with Gasteiger partial charge in [-0.15, -0.1) is 11.3 Å². The first kappa shape index (κ1) is 16.8. The van der Waals surface area contributed by atoms with Crippen LogP contribution in [0, 0.1) is 0 Å². The van der Waals surface area contributed by atoms with E-state index in [9.17, 15) is 4.79 Å². The van der Waals surface area contributed by atoms with Crippen molar-refractivity contribution in [1.82, 2.24) is 19.4 Å². The predicted molar refractivity (Wildman–Crippen MR) is 96.6 cm³/mol. The molecular weight excluding hydrogens is 336 g/mol. The van der Waals surface area contributed by atoms with Gasteiger partial charge in [-0.1, -0.05) is 0 Å². The summed E-state index contributed by atoms with van der Waals surface area (Å²) in [6, 6.07) is 3.80. The number of aryl methyl sites for hydroxylation is 1. The number of likely N-dealkylation sites (tertiary alicyclic amines) is 1. The Balaban J connectivity index is 1.37. The predicted octanol–water partition coefficient (Wildman–Crippen LogP) is 1.99. The van der Waals surface area contributed by atoms with Crippen LogP contribution in [0.4, 0.5) is 0 Å². The molecule has 2 fully saturated rings. The summed E-state index contributed by atoms with van der Waals surface area (Å²) in [6.45, 7) is 5.06. The lowest BCUT2D eigenvalue weighted by Gasteiger charge is -2.47. The number of carbonyl (C=O) groups is 1. The van der Waals surface area contributed by atoms with Crippen LogP contribution in [0.5, 0.6) is 0 Å². The molecule has 7 heteroatoms. The van der Waals surface area contributed by atoms with E-state index < -0.39 is 0 Å². The summed E-state index contributed by atoms with van der Waals surface area (Å²) in [6.07, 6.45) is 5.58. The third kappa shape index (κ3) is 3.49. The molecule has 0 unspecified atom stereocenters. The van der Waals surface area contributed by atoms with Crippen LogP contribution >= 0.6 is 11.3 Å². The Morgan fingerprint density at radius 2 is 2.20 bits per heavy atom. The van der Waals surface area contributed by atoms with Gasteiger partial charge in [-0.3, -0.25) is 9.69 Å². The Labute approximate surface area is 152 Å². The second kappa shape index (κ2) is 6.90. The molecule has 2 aromatic heterocycles. The fraction of sp³-hybridized carbons (Fsp3) is 0.556. The maximum absolute atomic E-state index is 12.7. The van der Waals surface area contributed by atoms with E-state index in [4.69, 9.17) is 4.74 Å². The number of thiazole rings is 1. The number of rotatable bonds is 3. The van der Waals surface area contributed by atoms with Crippen molar-refractivity contribution < 1.29 is 9.53 Å². The van der Waals surface area contributed by atoms with Gasteiger partial charge in [0.05, 0.1) is 18.8 Å². The van der Waals surface area contributed by atoms with Crippen molar-refractivity contribution in [2.45, 2.75) is 25.0 Å². The summed E-state index contributed by atoms with van der Waals surface area (Å²) < 4.78 is 8.08. The number of aromatic nitrogens is 2. The van der Waals surface area contributed by atoms with Crippen molar-refractivity contribution in [3.63, 3.8) is 0 Å². The van der Waals surface area contributed by atoms with Gasteiger partial charge in [-0.2, -0.15) is 0 Å². The van der Waals surface area contributed by atoms with E-state index in [1.807, 2.05) is 46.4 Å². The molecule has 2 aliphatic heterocycles. The molecule has 0 atom stereocenters. The monoisotopic (exact) mass is 360 g/mol. The second-order valence-corrected chi connectivity index (χ2v) is 7.94. The number of piperidine rings is 1. The van der Waals surface area contributed by atoms with Gasteiger partial charge in [0.15, 0.2) is 0 Å². The summed E-state index contributed by atoms with van der Waals surface area (Å²) in [5, 5.41) is 3.19. The summed E-state index contributed by atoms with van der Waals surface area (Å²) in [5.41, 5.74) is 0.645. The van der Waals surface area contributed by atoms with E-state index in [2.05, 4.69) is 9.88 Å². The average molecular weight is 360 g/mol. The topological polar surface area (TPSA) is 50.6 Å². The highest BCUT2D eigenvalue weighted by Gasteiger charge is 2.41. The molecule has 0 aromatic carbocycles. The number of hydrogen-bond acceptors (Lipinski definition) is 5. The minimum atomic E-state index is -0.111. The summed E-state index contributed by atoms with van der Waals surface area (Å²) >= 11 is 1.71. The van der Waals surface area contributed by atoms with Crippen LogP contribution < -0.4 is 0 Å². The van der Waals surface area contributed by atoms with Gasteiger partial charge in [0.2, 0.25) is 0 Å². The Bertz CT molecular complexity index is 719. The molecule has 0 saturated carbocycles. The number of nitrogens with zero attached hydrogens (tertiary/aromatic N) is 4. The van der Waals surface area contributed by atoms with Crippen molar-refractivity contribution >= 4 is 17.2 Å². The Morgan fingerprint density at radius 1 is 1.36 bits per heavy atom. The molecule has 25 heavy (non-hydrogen) atoms. The van der Waals surface area contributed by atoms with Gasteiger partial charge >= 0.3 is 0 Å². The highest BCUT2D eigenvalue weighted by molar-refractivity contribution is 7.09. The fourth-order valence-corrected chi connectivity index (χ4v) is 4.50. The largest absolute Gasteiger partial charge is 0.372 e. The minimum absolute atomic E-state index is 0.111. The molecule has 6 nitrogen and oxygen atoms in total. The smallest absolute Gasteiger partial charge is 0.270 e. The first-order valence-corrected chi connectivity index (χ1v) is 9.68. The standard InChI is InChI=1S/C18H24N4O2S/c1-20-7-2-3-15(20)17(23)22-8-4-18(5-9-22)14-21(10-11-24-18)13-16-19-6-12-25-16/h2-3,6-7,12H,4-5,8-11,13-14H2,1H3. The average Bonchev–Trinajstić information content (AvgIpc) is 3.27. The molecule has 134 valence electrons. The molecule has 0 bridgehead atoms. The van der Waals surface area contributed by atoms with Crippen molar-refractivity contribution in [3.05, 3.63) is 40.6 Å². The third-order valence-corrected chi connectivity index (χ3v) is 6.06. The van der Waals surface area contributed by atoms with Crippen molar-refractivity contribution in [2.24, 2.45) is 7.05 Å². The number of carbonyl (C=O) groups excluding carboxylic acids is 1. The van der Waals surface area contributed by atoms with Crippen LogP contribution in [-0.2, 0) is 18.3 Å². The van der Waals surface area contributed by atoms with Gasteiger partial charge < -0.3 is 14.2 Å². The van der Waals surface area contributed by atoms with Gasteiger partial charge in [0, 0.05) is 51.0 Å². The number of amides is 1. The molecule has 4 rings (SSSR count). The molecule has 0 radical (unpaired) electrons. The minimum Gasteiger partial charge on any atom is -0.372 e. The second-order valence-electron chi connectivity index (χ2n) is 6.96. The summed E-state index contributed by atoms with van der Waals surface area (Å²) in [7, 11) is 1.92. The van der Waals surface area contributed by atoms with Crippen molar-refractivity contribution in [2.75, 3.05) is 32.8 Å². The quantitative estimate of drug-likeness (QED) is 0.840. The number of morpholine rings is 1. The third-order valence-electron chi connectivity index (χ3n) is 5.29. The van der Waals surface area contributed by atoms with E-state index in [0.717, 1.165) is 62.9 Å². The van der Waals surface area contributed by atoms with Gasteiger partial charge in [-0.05, 0) is 25.0 Å². The van der Waals surface area contributed by atoms with Crippen LogP contribution in [-0.4, -0.2) is 63.6 Å². The maximum atomic E-state index is 12.7. The lowest BCUT2D eigenvalue weighted by molar-refractivity contribution is -0.134. The molecule has 2 aliphatic rings. The summed E-state index contributed by atoms with van der Waals surface area (Å²) in [5.74, 6) is 0.123. The normalized spacial score (nSPS) is 20.9. The SMILES string of the molecule is Cn1cccc1C(=O)N1CCC2(CC1)CN(Cc1nccs1)CCO2. The van der Waals surface area contributed by atoms with Gasteiger partial charge in [0.1, 0.15) is 10.7 Å². The highest BCUT2D eigenvalue weighted by atomic mass is 32.1. The first-order valence-electron chi connectivity index (χ1n) is 8.81. The highest BCUT2D eigenvalue weighted by Crippen LogP contribution is 2.31. The van der Waals surface area contributed by atoms with Crippen LogP contribution in [0.15, 0.2) is 29.9 Å².